The molecule has 6 heteroatoms. The van der Waals surface area contributed by atoms with E-state index in [2.05, 4.69) is 14.4 Å². The number of aromatic nitrogens is 2. The third-order valence-electron chi connectivity index (χ3n) is 6.31. The summed E-state index contributed by atoms with van der Waals surface area (Å²) in [7, 11) is 2.05. The molecule has 2 bridgehead atoms. The van der Waals surface area contributed by atoms with E-state index in [4.69, 9.17) is 9.72 Å². The van der Waals surface area contributed by atoms with Crippen LogP contribution in [0, 0.1) is 5.92 Å². The Labute approximate surface area is 153 Å². The predicted molar refractivity (Wildman–Crippen MR) is 101 cm³/mol. The summed E-state index contributed by atoms with van der Waals surface area (Å²) in [5.41, 5.74) is 2.75. The zero-order valence-electron chi connectivity index (χ0n) is 15.4. The van der Waals surface area contributed by atoms with Gasteiger partial charge in [-0.3, -0.25) is 4.79 Å². The first-order chi connectivity index (χ1) is 12.7. The van der Waals surface area contributed by atoms with Crippen molar-refractivity contribution in [2.24, 2.45) is 13.0 Å². The minimum absolute atomic E-state index is 0.180. The molecule has 2 unspecified atom stereocenters. The van der Waals surface area contributed by atoms with Crippen molar-refractivity contribution in [3.63, 3.8) is 0 Å². The number of carbonyl (C=O) groups is 1. The number of amides is 1. The van der Waals surface area contributed by atoms with Crippen molar-refractivity contribution in [3.8, 4) is 0 Å². The largest absolute Gasteiger partial charge is 0.378 e. The Bertz CT molecular complexity index is 840. The molecule has 26 heavy (non-hydrogen) atoms. The molecule has 0 spiro atoms. The number of fused-ring (bicyclic) bond motifs is 3. The third kappa shape index (κ3) is 2.58. The number of hydrogen-bond acceptors (Lipinski definition) is 4. The third-order valence-corrected chi connectivity index (χ3v) is 6.31. The van der Waals surface area contributed by atoms with Crippen molar-refractivity contribution in [1.82, 2.24) is 14.5 Å². The summed E-state index contributed by atoms with van der Waals surface area (Å²) in [6, 6.07) is 6.44. The maximum Gasteiger partial charge on any atom is 0.254 e. The van der Waals surface area contributed by atoms with Crippen LogP contribution >= 0.6 is 0 Å². The minimum Gasteiger partial charge on any atom is -0.378 e. The Morgan fingerprint density at radius 3 is 2.88 bits per heavy atom. The Morgan fingerprint density at radius 1 is 1.23 bits per heavy atom. The van der Waals surface area contributed by atoms with Crippen LogP contribution in [0.2, 0.25) is 0 Å². The molecular weight excluding hydrogens is 328 g/mol. The van der Waals surface area contributed by atoms with Gasteiger partial charge in [0.2, 0.25) is 5.95 Å². The Morgan fingerprint density at radius 2 is 2.08 bits per heavy atom. The topological polar surface area (TPSA) is 50.6 Å². The summed E-state index contributed by atoms with van der Waals surface area (Å²) in [6.07, 6.45) is 4.90. The fourth-order valence-electron chi connectivity index (χ4n) is 4.92. The van der Waals surface area contributed by atoms with Gasteiger partial charge in [0.25, 0.3) is 5.91 Å². The lowest BCUT2D eigenvalue weighted by Gasteiger charge is -2.27. The van der Waals surface area contributed by atoms with Crippen molar-refractivity contribution in [3.05, 3.63) is 23.8 Å². The van der Waals surface area contributed by atoms with E-state index in [1.807, 2.05) is 25.2 Å². The summed E-state index contributed by atoms with van der Waals surface area (Å²) in [6.45, 7) is 4.14. The van der Waals surface area contributed by atoms with Crippen LogP contribution in [0.5, 0.6) is 0 Å². The quantitative estimate of drug-likeness (QED) is 0.831. The smallest absolute Gasteiger partial charge is 0.254 e. The molecule has 1 aromatic carbocycles. The van der Waals surface area contributed by atoms with E-state index >= 15 is 0 Å². The summed E-state index contributed by atoms with van der Waals surface area (Å²) in [5, 5.41) is 0. The normalized spacial score (nSPS) is 25.9. The number of rotatable bonds is 2. The van der Waals surface area contributed by atoms with E-state index in [1.165, 1.54) is 19.3 Å². The van der Waals surface area contributed by atoms with Gasteiger partial charge in [-0.05, 0) is 43.4 Å². The number of carbonyl (C=O) groups excluding carboxylic acids is 1. The average Bonchev–Trinajstić information content (AvgIpc) is 3.17. The van der Waals surface area contributed by atoms with Crippen LogP contribution in [-0.4, -0.2) is 59.2 Å². The predicted octanol–water partition coefficient (Wildman–Crippen LogP) is 2.42. The highest BCUT2D eigenvalue weighted by Gasteiger charge is 2.38. The van der Waals surface area contributed by atoms with Gasteiger partial charge in [0.15, 0.2) is 0 Å². The standard InChI is InChI=1S/C20H26N4O2/c1-22-18-6-5-15(19(25)24-13-14-3-2-4-16(24)11-14)12-17(18)21-20(22)23-7-9-26-10-8-23/h5-6,12,14,16H,2-4,7-11,13H2,1H3. The molecule has 5 rings (SSSR count). The maximum atomic E-state index is 13.1. The van der Waals surface area contributed by atoms with Gasteiger partial charge in [-0.1, -0.05) is 6.42 Å². The fourth-order valence-corrected chi connectivity index (χ4v) is 4.92. The van der Waals surface area contributed by atoms with Crippen LogP contribution in [0.4, 0.5) is 5.95 Å². The lowest BCUT2D eigenvalue weighted by molar-refractivity contribution is 0.0733. The summed E-state index contributed by atoms with van der Waals surface area (Å²) in [5.74, 6) is 1.86. The van der Waals surface area contributed by atoms with E-state index in [1.54, 1.807) is 0 Å². The number of aryl methyl sites for hydroxylation is 1. The highest BCUT2D eigenvalue weighted by molar-refractivity contribution is 5.98. The number of anilines is 1. The average molecular weight is 354 g/mol. The highest BCUT2D eigenvalue weighted by atomic mass is 16.5. The first-order valence-electron chi connectivity index (χ1n) is 9.81. The number of imidazole rings is 1. The fraction of sp³-hybridized carbons (Fsp3) is 0.600. The van der Waals surface area contributed by atoms with Crippen LogP contribution in [0.1, 0.15) is 36.0 Å². The summed E-state index contributed by atoms with van der Waals surface area (Å²) < 4.78 is 7.57. The lowest BCUT2D eigenvalue weighted by Crippen LogP contribution is -2.37. The van der Waals surface area contributed by atoms with Gasteiger partial charge in [-0.2, -0.15) is 0 Å². The van der Waals surface area contributed by atoms with Gasteiger partial charge >= 0.3 is 0 Å². The summed E-state index contributed by atoms with van der Waals surface area (Å²) in [4.78, 5) is 22.3. The first-order valence-corrected chi connectivity index (χ1v) is 9.81. The molecule has 3 fully saturated rings. The molecule has 3 heterocycles. The lowest BCUT2D eigenvalue weighted by atomic mass is 9.90. The summed E-state index contributed by atoms with van der Waals surface area (Å²) >= 11 is 0. The van der Waals surface area contributed by atoms with Gasteiger partial charge in [0.1, 0.15) is 0 Å². The molecular formula is C20H26N4O2. The molecule has 1 aliphatic carbocycles. The van der Waals surface area contributed by atoms with Crippen LogP contribution in [0.15, 0.2) is 18.2 Å². The molecule has 1 saturated carbocycles. The van der Waals surface area contributed by atoms with Crippen LogP contribution < -0.4 is 4.90 Å². The van der Waals surface area contributed by atoms with Gasteiger partial charge < -0.3 is 19.1 Å². The molecule has 2 saturated heterocycles. The molecule has 2 aromatic rings. The van der Waals surface area contributed by atoms with E-state index in [-0.39, 0.29) is 5.91 Å². The van der Waals surface area contributed by atoms with Gasteiger partial charge in [0, 0.05) is 38.3 Å². The van der Waals surface area contributed by atoms with Gasteiger partial charge in [-0.15, -0.1) is 0 Å². The number of ether oxygens (including phenoxy) is 1. The SMILES string of the molecule is Cn1c(N2CCOCC2)nc2cc(C(=O)N3CC4CCCC3C4)ccc21. The number of nitrogens with zero attached hydrogens (tertiary/aromatic N) is 4. The molecule has 138 valence electrons. The second-order valence-electron chi connectivity index (χ2n) is 7.92. The first kappa shape index (κ1) is 16.1. The van der Waals surface area contributed by atoms with E-state index in [0.717, 1.165) is 61.8 Å². The molecule has 6 nitrogen and oxygen atoms in total. The second kappa shape index (κ2) is 6.27. The monoisotopic (exact) mass is 354 g/mol. The highest BCUT2D eigenvalue weighted by Crippen LogP contribution is 2.36. The molecule has 0 radical (unpaired) electrons. The molecule has 1 aromatic heterocycles. The van der Waals surface area contributed by atoms with Crippen molar-refractivity contribution in [2.75, 3.05) is 37.7 Å². The minimum atomic E-state index is 0.180. The zero-order valence-corrected chi connectivity index (χ0v) is 15.4. The van der Waals surface area contributed by atoms with Crippen LogP contribution in [0.3, 0.4) is 0 Å². The van der Waals surface area contributed by atoms with Crippen molar-refractivity contribution < 1.29 is 9.53 Å². The van der Waals surface area contributed by atoms with Crippen molar-refractivity contribution in [1.29, 1.82) is 0 Å². The molecule has 2 aliphatic heterocycles. The molecule has 2 atom stereocenters. The van der Waals surface area contributed by atoms with Gasteiger partial charge in [-0.25, -0.2) is 4.98 Å². The Kier molecular flexibility index (Phi) is 3.89. The van der Waals surface area contributed by atoms with Crippen LogP contribution in [-0.2, 0) is 11.8 Å². The number of benzene rings is 1. The van der Waals surface area contributed by atoms with Gasteiger partial charge in [0.05, 0.1) is 24.2 Å². The molecule has 1 amide bonds. The number of morpholine rings is 1. The second-order valence-corrected chi connectivity index (χ2v) is 7.92. The van der Waals surface area contributed by atoms with Crippen molar-refractivity contribution >= 4 is 22.9 Å². The van der Waals surface area contributed by atoms with E-state index in [0.29, 0.717) is 12.0 Å². The van der Waals surface area contributed by atoms with Crippen LogP contribution in [0.25, 0.3) is 11.0 Å². The van der Waals surface area contributed by atoms with E-state index in [9.17, 15) is 4.79 Å². The number of hydrogen-bond donors (Lipinski definition) is 0. The zero-order chi connectivity index (χ0) is 17.7. The molecule has 0 N–H and O–H groups in total. The maximum absolute atomic E-state index is 13.1. The van der Waals surface area contributed by atoms with E-state index < -0.39 is 0 Å². The Hall–Kier alpha value is -2.08. The van der Waals surface area contributed by atoms with Crippen molar-refractivity contribution in [2.45, 2.75) is 31.7 Å². The molecule has 3 aliphatic rings. The Balaban J connectivity index is 1.45. The number of likely N-dealkylation sites (tertiary alicyclic amines) is 1.